The first-order valence-corrected chi connectivity index (χ1v) is 7.39. The lowest BCUT2D eigenvalue weighted by atomic mass is 10.1. The minimum Gasteiger partial charge on any atom is -0.491 e. The van der Waals surface area contributed by atoms with Crippen molar-refractivity contribution in [3.05, 3.63) is 35.4 Å². The number of anilines is 2. The quantitative estimate of drug-likeness (QED) is 0.494. The highest BCUT2D eigenvalue weighted by Gasteiger charge is 2.12. The second-order valence-electron chi connectivity index (χ2n) is 4.88. The van der Waals surface area contributed by atoms with E-state index >= 15 is 0 Å². The molecule has 0 saturated heterocycles. The molecule has 0 saturated carbocycles. The third-order valence-corrected chi connectivity index (χ3v) is 3.38. The van der Waals surface area contributed by atoms with Crippen molar-refractivity contribution in [3.63, 3.8) is 0 Å². The van der Waals surface area contributed by atoms with Gasteiger partial charge in [-0.1, -0.05) is 24.9 Å². The Hall–Kier alpha value is -2.27. The molecule has 1 aliphatic rings. The van der Waals surface area contributed by atoms with E-state index in [2.05, 4.69) is 11.9 Å². The highest BCUT2D eigenvalue weighted by atomic mass is 35.5. The van der Waals surface area contributed by atoms with Crippen molar-refractivity contribution in [2.45, 2.75) is 19.8 Å². The topological polar surface area (TPSA) is 90.7 Å². The molecule has 0 radical (unpaired) electrons. The second-order valence-corrected chi connectivity index (χ2v) is 5.28. The minimum absolute atomic E-state index is 0.169. The summed E-state index contributed by atoms with van der Waals surface area (Å²) in [6.07, 6.45) is 6.23. The van der Waals surface area contributed by atoms with E-state index in [0.29, 0.717) is 35.1 Å². The van der Waals surface area contributed by atoms with Gasteiger partial charge in [0.25, 0.3) is 0 Å². The fraction of sp³-hybridized carbons (Fsp3) is 0.250. The van der Waals surface area contributed by atoms with Crippen LogP contribution in [0.1, 0.15) is 19.8 Å². The number of nitrogens with two attached hydrogens (primary N) is 2. The van der Waals surface area contributed by atoms with Crippen LogP contribution < -0.4 is 16.2 Å². The molecule has 1 aromatic rings. The highest BCUT2D eigenvalue weighted by molar-refractivity contribution is 6.48. The Morgan fingerprint density at radius 2 is 2.00 bits per heavy atom. The Morgan fingerprint density at radius 3 is 2.68 bits per heavy atom. The zero-order valence-electron chi connectivity index (χ0n) is 12.3. The molecule has 6 heteroatoms. The summed E-state index contributed by atoms with van der Waals surface area (Å²) in [4.78, 5) is 15.6. The first-order valence-electron chi connectivity index (χ1n) is 7.01. The molecule has 0 heterocycles. The van der Waals surface area contributed by atoms with Crippen LogP contribution >= 0.6 is 11.6 Å². The van der Waals surface area contributed by atoms with Crippen LogP contribution in [0.3, 0.4) is 0 Å². The number of benzene rings is 1. The highest BCUT2D eigenvalue weighted by Crippen LogP contribution is 2.34. The van der Waals surface area contributed by atoms with Crippen LogP contribution in [0.15, 0.2) is 40.4 Å². The molecule has 0 aliphatic heterocycles. The predicted octanol–water partition coefficient (Wildman–Crippen LogP) is 3.36. The summed E-state index contributed by atoms with van der Waals surface area (Å²) in [6.45, 7) is 2.66. The van der Waals surface area contributed by atoms with Gasteiger partial charge in [0, 0.05) is 12.1 Å². The lowest BCUT2D eigenvalue weighted by Gasteiger charge is -2.12. The van der Waals surface area contributed by atoms with E-state index in [4.69, 9.17) is 27.8 Å². The van der Waals surface area contributed by atoms with Crippen molar-refractivity contribution in [1.82, 2.24) is 0 Å². The van der Waals surface area contributed by atoms with Crippen molar-refractivity contribution in [1.29, 1.82) is 0 Å². The number of halogens is 1. The third-order valence-electron chi connectivity index (χ3n) is 3.07. The van der Waals surface area contributed by atoms with Crippen molar-refractivity contribution >= 4 is 40.2 Å². The van der Waals surface area contributed by atoms with Gasteiger partial charge in [0.1, 0.15) is 5.75 Å². The Kier molecular flexibility index (Phi) is 5.22. The van der Waals surface area contributed by atoms with Crippen LogP contribution in [0, 0.1) is 0 Å². The number of nitrogens with zero attached hydrogens (tertiary/aromatic N) is 1. The molecule has 0 amide bonds. The van der Waals surface area contributed by atoms with Crippen LogP contribution in [-0.2, 0) is 4.79 Å². The minimum atomic E-state index is -0.169. The lowest BCUT2D eigenvalue weighted by molar-refractivity contribution is -0.110. The number of allylic oxidation sites excluding steroid dienone is 4. The van der Waals surface area contributed by atoms with Gasteiger partial charge < -0.3 is 16.2 Å². The van der Waals surface area contributed by atoms with Gasteiger partial charge >= 0.3 is 0 Å². The first-order chi connectivity index (χ1) is 10.5. The third kappa shape index (κ3) is 3.89. The number of ketones is 1. The van der Waals surface area contributed by atoms with Crippen molar-refractivity contribution in [2.24, 2.45) is 4.99 Å². The van der Waals surface area contributed by atoms with Crippen LogP contribution in [0.5, 0.6) is 5.75 Å². The number of nitrogen functional groups attached to an aromatic ring is 2. The maximum absolute atomic E-state index is 11.2. The first kappa shape index (κ1) is 16.1. The van der Waals surface area contributed by atoms with Crippen LogP contribution in [0.2, 0.25) is 0 Å². The average Bonchev–Trinajstić information content (AvgIpc) is 2.46. The van der Waals surface area contributed by atoms with E-state index in [1.165, 1.54) is 12.2 Å². The van der Waals surface area contributed by atoms with Gasteiger partial charge in [-0.05, 0) is 24.6 Å². The van der Waals surface area contributed by atoms with E-state index in [-0.39, 0.29) is 10.8 Å². The fourth-order valence-corrected chi connectivity index (χ4v) is 2.07. The van der Waals surface area contributed by atoms with Crippen LogP contribution in [-0.4, -0.2) is 18.1 Å². The molecule has 0 bridgehead atoms. The fourth-order valence-electron chi connectivity index (χ4n) is 1.86. The standard InChI is InChI=1S/C16H18ClN3O2/c1-2-3-6-22-16-9-15(12(18)8-13(16)19)20-14-5-4-10(21)7-11(14)17/h4-5,7-9H,2-3,6,18-19H2,1H3. The molecule has 2 rings (SSSR count). The molecule has 0 fully saturated rings. The van der Waals surface area contributed by atoms with Gasteiger partial charge in [-0.2, -0.15) is 0 Å². The number of rotatable bonds is 5. The molecule has 1 aliphatic carbocycles. The number of carbonyl (C=O) groups excluding carboxylic acids is 1. The molecule has 0 unspecified atom stereocenters. The lowest BCUT2D eigenvalue weighted by Crippen LogP contribution is -2.04. The molecule has 22 heavy (non-hydrogen) atoms. The monoisotopic (exact) mass is 319 g/mol. The number of hydrogen-bond donors (Lipinski definition) is 2. The number of hydrogen-bond acceptors (Lipinski definition) is 5. The van der Waals surface area contributed by atoms with E-state index in [1.807, 2.05) is 0 Å². The smallest absolute Gasteiger partial charge is 0.180 e. The van der Waals surface area contributed by atoms with Gasteiger partial charge in [-0.15, -0.1) is 0 Å². The van der Waals surface area contributed by atoms with E-state index in [0.717, 1.165) is 12.8 Å². The number of ether oxygens (including phenoxy) is 1. The molecular weight excluding hydrogens is 302 g/mol. The summed E-state index contributed by atoms with van der Waals surface area (Å²) in [6, 6.07) is 3.29. The zero-order valence-corrected chi connectivity index (χ0v) is 13.1. The van der Waals surface area contributed by atoms with Gasteiger partial charge in [0.05, 0.1) is 34.4 Å². The Bertz CT molecular complexity index is 678. The average molecular weight is 320 g/mol. The maximum atomic E-state index is 11.2. The summed E-state index contributed by atoms with van der Waals surface area (Å²) in [5, 5.41) is 0.275. The molecule has 116 valence electrons. The van der Waals surface area contributed by atoms with Crippen molar-refractivity contribution < 1.29 is 9.53 Å². The van der Waals surface area contributed by atoms with Gasteiger partial charge in [-0.3, -0.25) is 4.79 Å². The second kappa shape index (κ2) is 7.13. The van der Waals surface area contributed by atoms with Gasteiger partial charge in [0.2, 0.25) is 0 Å². The van der Waals surface area contributed by atoms with Gasteiger partial charge in [-0.25, -0.2) is 4.99 Å². The maximum Gasteiger partial charge on any atom is 0.180 e. The molecule has 0 atom stereocenters. The Balaban J connectivity index is 2.31. The summed E-state index contributed by atoms with van der Waals surface area (Å²) in [5.74, 6) is 0.371. The van der Waals surface area contributed by atoms with Crippen LogP contribution in [0.25, 0.3) is 0 Å². The summed E-state index contributed by atoms with van der Waals surface area (Å²) in [5.41, 5.74) is 13.7. The molecular formula is C16H18ClN3O2. The largest absolute Gasteiger partial charge is 0.491 e. The molecule has 0 aromatic heterocycles. The van der Waals surface area contributed by atoms with E-state index < -0.39 is 0 Å². The van der Waals surface area contributed by atoms with Crippen molar-refractivity contribution in [2.75, 3.05) is 18.1 Å². The number of aliphatic imine (C=N–C) groups is 1. The van der Waals surface area contributed by atoms with Gasteiger partial charge in [0.15, 0.2) is 5.78 Å². The molecule has 0 spiro atoms. The zero-order chi connectivity index (χ0) is 16.1. The molecule has 5 nitrogen and oxygen atoms in total. The van der Waals surface area contributed by atoms with Crippen LogP contribution in [0.4, 0.5) is 17.1 Å². The summed E-state index contributed by atoms with van der Waals surface area (Å²) < 4.78 is 5.64. The Morgan fingerprint density at radius 1 is 1.23 bits per heavy atom. The number of unbranched alkanes of at least 4 members (excludes halogenated alkanes) is 1. The summed E-state index contributed by atoms with van der Waals surface area (Å²) >= 11 is 6.01. The molecule has 1 aromatic carbocycles. The van der Waals surface area contributed by atoms with Crippen molar-refractivity contribution in [3.8, 4) is 5.75 Å². The van der Waals surface area contributed by atoms with E-state index in [9.17, 15) is 4.79 Å². The predicted molar refractivity (Wildman–Crippen MR) is 90.8 cm³/mol. The van der Waals surface area contributed by atoms with E-state index in [1.54, 1.807) is 18.2 Å². The Labute approximate surface area is 134 Å². The number of carbonyl (C=O) groups is 1. The normalized spacial score (nSPS) is 16.0. The SMILES string of the molecule is CCCCOc1cc(N=C2C=CC(=O)C=C2Cl)c(N)cc1N. The molecule has 4 N–H and O–H groups in total. The summed E-state index contributed by atoms with van der Waals surface area (Å²) in [7, 11) is 0.